The lowest BCUT2D eigenvalue weighted by Crippen LogP contribution is -2.53. The number of nitrogens with zero attached hydrogens (tertiary/aromatic N) is 2. The third-order valence-electron chi connectivity index (χ3n) is 8.56. The molecule has 45 heavy (non-hydrogen) atoms. The van der Waals surface area contributed by atoms with Gasteiger partial charge in [0.2, 0.25) is 21.8 Å². The number of hydrogen-bond acceptors (Lipinski definition) is 7. The van der Waals surface area contributed by atoms with Crippen LogP contribution in [0.15, 0.2) is 77.7 Å². The smallest absolute Gasteiger partial charge is 0.410 e. The minimum atomic E-state index is -4.08. The van der Waals surface area contributed by atoms with Crippen molar-refractivity contribution in [1.82, 2.24) is 19.8 Å². The lowest BCUT2D eigenvalue weighted by Gasteiger charge is -2.31. The van der Waals surface area contributed by atoms with E-state index in [1.165, 1.54) is 12.1 Å². The van der Waals surface area contributed by atoms with Crippen LogP contribution in [0.4, 0.5) is 4.79 Å². The van der Waals surface area contributed by atoms with Crippen LogP contribution < -0.4 is 10.0 Å². The predicted molar refractivity (Wildman–Crippen MR) is 168 cm³/mol. The molecule has 2 aliphatic rings. The second-order valence-corrected chi connectivity index (χ2v) is 13.4. The maximum atomic E-state index is 13.4. The number of likely N-dealkylation sites (tertiary alicyclic amines) is 2. The summed E-state index contributed by atoms with van der Waals surface area (Å²) in [5.74, 6) is -0.520. The summed E-state index contributed by atoms with van der Waals surface area (Å²) in [6, 6.07) is 19.9. The van der Waals surface area contributed by atoms with Crippen molar-refractivity contribution in [2.75, 3.05) is 32.8 Å². The average molecular weight is 637 g/mol. The Morgan fingerprint density at radius 2 is 1.62 bits per heavy atom. The first-order valence-electron chi connectivity index (χ1n) is 15.4. The van der Waals surface area contributed by atoms with Crippen LogP contribution in [0.25, 0.3) is 10.8 Å². The van der Waals surface area contributed by atoms with Crippen LogP contribution in [0.3, 0.4) is 0 Å². The van der Waals surface area contributed by atoms with E-state index in [0.717, 1.165) is 16.3 Å². The summed E-state index contributed by atoms with van der Waals surface area (Å²) in [7, 11) is -4.08. The zero-order valence-corrected chi connectivity index (χ0v) is 26.0. The summed E-state index contributed by atoms with van der Waals surface area (Å²) in [5.41, 5.74) is 0.925. The van der Waals surface area contributed by atoms with E-state index in [9.17, 15) is 27.9 Å². The van der Waals surface area contributed by atoms with Gasteiger partial charge in [0.1, 0.15) is 12.6 Å². The molecular weight excluding hydrogens is 596 g/mol. The molecular formula is C33H40N4O7S. The number of fused-ring (bicyclic) bond motifs is 1. The van der Waals surface area contributed by atoms with Gasteiger partial charge in [-0.15, -0.1) is 0 Å². The van der Waals surface area contributed by atoms with Crippen LogP contribution in [0.5, 0.6) is 0 Å². The first kappa shape index (κ1) is 32.4. The third kappa shape index (κ3) is 8.38. The molecule has 2 atom stereocenters. The zero-order valence-electron chi connectivity index (χ0n) is 25.1. The van der Waals surface area contributed by atoms with Crippen molar-refractivity contribution in [1.29, 1.82) is 0 Å². The first-order valence-corrected chi connectivity index (χ1v) is 16.9. The Hall–Kier alpha value is -4.00. The standard InChI is InChI=1S/C33H40N4O7S/c38-22-30(35-45(42,43)29-13-12-26-9-4-5-10-27(26)20-29)32(40)37-16-6-11-28(37)21-34-31(39)19-24-14-17-36(18-15-24)33(41)44-23-25-7-2-1-3-8-25/h1-5,7-10,12-13,20,24,28,30,35,38H,6,11,14-19,21-23H2,(H,34,39)/t28-,30-/m0/s1. The number of piperidine rings is 1. The first-order chi connectivity index (χ1) is 21.7. The normalized spacial score (nSPS) is 18.1. The summed E-state index contributed by atoms with van der Waals surface area (Å²) < 4.78 is 34.0. The molecule has 0 bridgehead atoms. The van der Waals surface area contributed by atoms with Crippen molar-refractivity contribution < 1.29 is 32.6 Å². The van der Waals surface area contributed by atoms with Crippen molar-refractivity contribution >= 4 is 38.7 Å². The number of sulfonamides is 1. The van der Waals surface area contributed by atoms with Gasteiger partial charge in [0.25, 0.3) is 0 Å². The Labute approximate surface area is 263 Å². The summed E-state index contributed by atoms with van der Waals surface area (Å²) in [5, 5.41) is 14.6. The van der Waals surface area contributed by atoms with Gasteiger partial charge in [0.15, 0.2) is 0 Å². The highest BCUT2D eigenvalue weighted by Gasteiger charge is 2.35. The van der Waals surface area contributed by atoms with E-state index in [4.69, 9.17) is 4.74 Å². The molecule has 3 aromatic rings. The predicted octanol–water partition coefficient (Wildman–Crippen LogP) is 3.03. The fourth-order valence-corrected chi connectivity index (χ4v) is 7.21. The molecule has 2 heterocycles. The van der Waals surface area contributed by atoms with Crippen molar-refractivity contribution in [2.45, 2.75) is 55.7 Å². The molecule has 0 radical (unpaired) electrons. The molecule has 3 aromatic carbocycles. The molecule has 12 heteroatoms. The highest BCUT2D eigenvalue weighted by molar-refractivity contribution is 7.89. The quantitative estimate of drug-likeness (QED) is 0.293. The minimum Gasteiger partial charge on any atom is -0.445 e. The number of carbonyl (C=O) groups excluding carboxylic acids is 3. The van der Waals surface area contributed by atoms with Crippen LogP contribution in [-0.4, -0.2) is 86.1 Å². The highest BCUT2D eigenvalue weighted by atomic mass is 32.2. The fraction of sp³-hybridized carbons (Fsp3) is 0.424. The number of hydrogen-bond donors (Lipinski definition) is 3. The Morgan fingerprint density at radius 3 is 2.36 bits per heavy atom. The van der Waals surface area contributed by atoms with Crippen molar-refractivity contribution in [3.63, 3.8) is 0 Å². The van der Waals surface area contributed by atoms with Gasteiger partial charge in [-0.1, -0.05) is 60.7 Å². The SMILES string of the molecule is O=C(CC1CCN(C(=O)OCc2ccccc2)CC1)NC[C@@H]1CCCN1C(=O)[C@H](CO)NS(=O)(=O)c1ccc2ccccc2c1. The molecule has 5 rings (SSSR count). The number of nitrogens with one attached hydrogen (secondary N) is 2. The van der Waals surface area contributed by atoms with E-state index in [1.54, 1.807) is 21.9 Å². The maximum absolute atomic E-state index is 13.4. The number of aliphatic hydroxyl groups excluding tert-OH is 1. The van der Waals surface area contributed by atoms with Crippen LogP contribution in [0.2, 0.25) is 0 Å². The molecule has 0 aliphatic carbocycles. The van der Waals surface area contributed by atoms with Gasteiger partial charge in [0, 0.05) is 38.6 Å². The maximum Gasteiger partial charge on any atom is 0.410 e. The fourth-order valence-electron chi connectivity index (χ4n) is 5.99. The van der Waals surface area contributed by atoms with Gasteiger partial charge >= 0.3 is 6.09 Å². The van der Waals surface area contributed by atoms with Crippen molar-refractivity contribution in [3.05, 3.63) is 78.4 Å². The molecule has 3 N–H and O–H groups in total. The van der Waals surface area contributed by atoms with E-state index < -0.39 is 28.6 Å². The molecule has 2 saturated heterocycles. The molecule has 240 valence electrons. The van der Waals surface area contributed by atoms with Crippen LogP contribution in [-0.2, 0) is 31.0 Å². The van der Waals surface area contributed by atoms with E-state index in [0.29, 0.717) is 51.7 Å². The second kappa shape index (κ2) is 14.9. The molecule has 11 nitrogen and oxygen atoms in total. The Bertz CT molecular complexity index is 1590. The molecule has 0 saturated carbocycles. The van der Waals surface area contributed by atoms with E-state index in [2.05, 4.69) is 10.0 Å². The van der Waals surface area contributed by atoms with Crippen LogP contribution in [0.1, 0.15) is 37.7 Å². The molecule has 2 fully saturated rings. The van der Waals surface area contributed by atoms with Crippen LogP contribution in [0, 0.1) is 5.92 Å². The van der Waals surface area contributed by atoms with Gasteiger partial charge in [-0.25, -0.2) is 13.2 Å². The highest BCUT2D eigenvalue weighted by Crippen LogP contribution is 2.23. The molecule has 3 amide bonds. The van der Waals surface area contributed by atoms with Crippen molar-refractivity contribution in [3.8, 4) is 0 Å². The van der Waals surface area contributed by atoms with E-state index >= 15 is 0 Å². The van der Waals surface area contributed by atoms with Crippen LogP contribution >= 0.6 is 0 Å². The van der Waals surface area contributed by atoms with Gasteiger partial charge in [0.05, 0.1) is 11.5 Å². The number of amides is 3. The Morgan fingerprint density at radius 1 is 0.911 bits per heavy atom. The third-order valence-corrected chi connectivity index (χ3v) is 10.0. The Kier molecular flexibility index (Phi) is 10.7. The summed E-state index contributed by atoms with van der Waals surface area (Å²) in [6.07, 6.45) is 2.72. The number of carbonyl (C=O) groups is 3. The number of benzene rings is 3. The molecule has 2 aliphatic heterocycles. The van der Waals surface area contributed by atoms with Gasteiger partial charge in [-0.2, -0.15) is 4.72 Å². The van der Waals surface area contributed by atoms with E-state index in [-0.39, 0.29) is 42.0 Å². The molecule has 0 spiro atoms. The summed E-state index contributed by atoms with van der Waals surface area (Å²) >= 11 is 0. The Balaban J connectivity index is 1.07. The van der Waals surface area contributed by atoms with Gasteiger partial charge < -0.3 is 25.0 Å². The number of ether oxygens (including phenoxy) is 1. The molecule has 0 aromatic heterocycles. The largest absolute Gasteiger partial charge is 0.445 e. The number of rotatable bonds is 11. The monoisotopic (exact) mass is 636 g/mol. The van der Waals surface area contributed by atoms with Crippen molar-refractivity contribution in [2.24, 2.45) is 5.92 Å². The van der Waals surface area contributed by atoms with E-state index in [1.807, 2.05) is 48.5 Å². The van der Waals surface area contributed by atoms with Gasteiger partial charge in [-0.05, 0) is 60.1 Å². The lowest BCUT2D eigenvalue weighted by molar-refractivity contribution is -0.135. The minimum absolute atomic E-state index is 0.00703. The summed E-state index contributed by atoms with van der Waals surface area (Å²) in [4.78, 5) is 41.8. The zero-order chi connectivity index (χ0) is 31.8. The lowest BCUT2D eigenvalue weighted by atomic mass is 9.93. The topological polar surface area (TPSA) is 145 Å². The average Bonchev–Trinajstić information content (AvgIpc) is 3.54. The van der Waals surface area contributed by atoms with Gasteiger partial charge in [-0.3, -0.25) is 9.59 Å². The number of aliphatic hydroxyl groups is 1. The molecule has 0 unspecified atom stereocenters. The summed E-state index contributed by atoms with van der Waals surface area (Å²) in [6.45, 7) is 1.22. The second-order valence-electron chi connectivity index (χ2n) is 11.7.